The maximum absolute atomic E-state index is 11.9. The van der Waals surface area contributed by atoms with E-state index in [9.17, 15) is 13.2 Å². The van der Waals surface area contributed by atoms with Crippen LogP contribution < -0.4 is 11.1 Å². The van der Waals surface area contributed by atoms with Gasteiger partial charge in [-0.05, 0) is 20.3 Å². The van der Waals surface area contributed by atoms with Crippen LogP contribution in [0.3, 0.4) is 0 Å². The molecular weight excluding hydrogens is 193 g/mol. The van der Waals surface area contributed by atoms with Gasteiger partial charge in [-0.15, -0.1) is 0 Å². The monoisotopic (exact) mass is 212 g/mol. The number of halogens is 3. The average Bonchev–Trinajstić information content (AvgIpc) is 1.98. The van der Waals surface area contributed by atoms with Crippen LogP contribution in [0.2, 0.25) is 0 Å². The third-order valence-corrected chi connectivity index (χ3v) is 2.20. The molecule has 0 aromatic carbocycles. The van der Waals surface area contributed by atoms with Crippen LogP contribution in [0.25, 0.3) is 0 Å². The topological polar surface area (TPSA) is 38.0 Å². The smallest absolute Gasteiger partial charge is 0.324 e. The van der Waals surface area contributed by atoms with Crippen LogP contribution in [-0.2, 0) is 0 Å². The lowest BCUT2D eigenvalue weighted by molar-refractivity contribution is -0.139. The number of nitrogens with two attached hydrogens (primary N) is 1. The molecule has 0 aliphatic heterocycles. The van der Waals surface area contributed by atoms with Gasteiger partial charge in [0.15, 0.2) is 0 Å². The van der Waals surface area contributed by atoms with E-state index in [0.717, 1.165) is 6.42 Å². The largest absolute Gasteiger partial charge is 0.390 e. The second-order valence-electron chi connectivity index (χ2n) is 4.11. The van der Waals surface area contributed by atoms with Crippen molar-refractivity contribution in [2.45, 2.75) is 51.4 Å². The Balaban J connectivity index is 3.80. The third kappa shape index (κ3) is 7.15. The predicted octanol–water partition coefficient (Wildman–Crippen LogP) is 2.04. The van der Waals surface area contributed by atoms with E-state index in [1.807, 2.05) is 13.8 Å². The van der Waals surface area contributed by atoms with Gasteiger partial charge in [-0.1, -0.05) is 6.92 Å². The van der Waals surface area contributed by atoms with Gasteiger partial charge in [0.05, 0.1) is 6.42 Å². The Labute approximate surface area is 83.0 Å². The standard InChI is InChI=1S/C9H19F3N2/c1-4-8(3,13)6-14-7(2)5-9(10,11)12/h7,14H,4-6,13H2,1-3H3. The van der Waals surface area contributed by atoms with Crippen molar-refractivity contribution in [2.24, 2.45) is 5.73 Å². The molecule has 0 aliphatic rings. The molecule has 0 radical (unpaired) electrons. The summed E-state index contributed by atoms with van der Waals surface area (Å²) in [6.07, 6.45) is -4.19. The second kappa shape index (κ2) is 4.98. The zero-order valence-electron chi connectivity index (χ0n) is 8.91. The highest BCUT2D eigenvalue weighted by Crippen LogP contribution is 2.21. The van der Waals surface area contributed by atoms with Crippen molar-refractivity contribution >= 4 is 0 Å². The molecule has 3 N–H and O–H groups in total. The second-order valence-corrected chi connectivity index (χ2v) is 4.11. The fourth-order valence-electron chi connectivity index (χ4n) is 0.952. The van der Waals surface area contributed by atoms with Crippen molar-refractivity contribution in [3.8, 4) is 0 Å². The lowest BCUT2D eigenvalue weighted by Gasteiger charge is -2.26. The van der Waals surface area contributed by atoms with Crippen LogP contribution in [-0.4, -0.2) is 24.3 Å². The minimum absolute atomic E-state index is 0.404. The Morgan fingerprint density at radius 1 is 1.36 bits per heavy atom. The maximum Gasteiger partial charge on any atom is 0.390 e. The highest BCUT2D eigenvalue weighted by Gasteiger charge is 2.30. The maximum atomic E-state index is 11.9. The Hall–Kier alpha value is -0.290. The van der Waals surface area contributed by atoms with Gasteiger partial charge < -0.3 is 11.1 Å². The van der Waals surface area contributed by atoms with Gasteiger partial charge in [0.2, 0.25) is 0 Å². The normalized spacial score (nSPS) is 19.1. The summed E-state index contributed by atoms with van der Waals surface area (Å²) in [6.45, 7) is 5.65. The molecular formula is C9H19F3N2. The lowest BCUT2D eigenvalue weighted by Crippen LogP contribution is -2.48. The first-order valence-electron chi connectivity index (χ1n) is 4.75. The molecule has 0 saturated carbocycles. The molecule has 86 valence electrons. The van der Waals surface area contributed by atoms with Gasteiger partial charge in [0.25, 0.3) is 0 Å². The summed E-state index contributed by atoms with van der Waals surface area (Å²) in [5, 5.41) is 2.79. The molecule has 0 amide bonds. The number of alkyl halides is 3. The first-order chi connectivity index (χ1) is 6.16. The molecule has 0 bridgehead atoms. The molecule has 2 nitrogen and oxygen atoms in total. The summed E-state index contributed by atoms with van der Waals surface area (Å²) >= 11 is 0. The summed E-state index contributed by atoms with van der Waals surface area (Å²) in [6, 6.07) is -0.579. The first kappa shape index (κ1) is 13.7. The fourth-order valence-corrected chi connectivity index (χ4v) is 0.952. The first-order valence-corrected chi connectivity index (χ1v) is 4.75. The minimum Gasteiger partial charge on any atom is -0.324 e. The summed E-state index contributed by atoms with van der Waals surface area (Å²) < 4.78 is 35.8. The minimum atomic E-state index is -4.11. The van der Waals surface area contributed by atoms with Crippen molar-refractivity contribution in [3.05, 3.63) is 0 Å². The van der Waals surface area contributed by atoms with Gasteiger partial charge in [-0.2, -0.15) is 13.2 Å². The zero-order chi connectivity index (χ0) is 11.4. The summed E-state index contributed by atoms with van der Waals surface area (Å²) in [7, 11) is 0. The van der Waals surface area contributed by atoms with E-state index in [2.05, 4.69) is 5.32 Å². The molecule has 14 heavy (non-hydrogen) atoms. The average molecular weight is 212 g/mol. The summed E-state index contributed by atoms with van der Waals surface area (Å²) in [5.41, 5.74) is 5.35. The lowest BCUT2D eigenvalue weighted by atomic mass is 10.0. The Morgan fingerprint density at radius 3 is 2.21 bits per heavy atom. The highest BCUT2D eigenvalue weighted by atomic mass is 19.4. The van der Waals surface area contributed by atoms with Crippen molar-refractivity contribution in [3.63, 3.8) is 0 Å². The van der Waals surface area contributed by atoms with Crippen LogP contribution in [0.1, 0.15) is 33.6 Å². The Kier molecular flexibility index (Phi) is 4.88. The van der Waals surface area contributed by atoms with Crippen molar-refractivity contribution in [2.75, 3.05) is 6.54 Å². The molecule has 0 aliphatic carbocycles. The molecule has 0 rings (SSSR count). The van der Waals surface area contributed by atoms with E-state index in [-0.39, 0.29) is 0 Å². The van der Waals surface area contributed by atoms with E-state index in [4.69, 9.17) is 5.73 Å². The number of hydrogen-bond donors (Lipinski definition) is 2. The Bertz CT molecular complexity index is 166. The fraction of sp³-hybridized carbons (Fsp3) is 1.00. The van der Waals surface area contributed by atoms with E-state index in [1.54, 1.807) is 0 Å². The van der Waals surface area contributed by atoms with Gasteiger partial charge in [-0.3, -0.25) is 0 Å². The van der Waals surface area contributed by atoms with Crippen LogP contribution in [0.5, 0.6) is 0 Å². The molecule has 0 spiro atoms. The van der Waals surface area contributed by atoms with E-state index in [1.165, 1.54) is 6.92 Å². The van der Waals surface area contributed by atoms with Crippen molar-refractivity contribution in [1.82, 2.24) is 5.32 Å². The SMILES string of the molecule is CCC(C)(N)CNC(C)CC(F)(F)F. The quantitative estimate of drug-likeness (QED) is 0.732. The van der Waals surface area contributed by atoms with Crippen molar-refractivity contribution in [1.29, 1.82) is 0 Å². The molecule has 0 aromatic heterocycles. The van der Waals surface area contributed by atoms with Crippen LogP contribution in [0, 0.1) is 0 Å². The van der Waals surface area contributed by atoms with Gasteiger partial charge in [-0.25, -0.2) is 0 Å². The number of hydrogen-bond acceptors (Lipinski definition) is 2. The van der Waals surface area contributed by atoms with Crippen molar-refractivity contribution < 1.29 is 13.2 Å². The predicted molar refractivity (Wildman–Crippen MR) is 51.0 cm³/mol. The molecule has 2 atom stereocenters. The highest BCUT2D eigenvalue weighted by molar-refractivity contribution is 4.81. The molecule has 0 saturated heterocycles. The van der Waals surface area contributed by atoms with E-state index in [0.29, 0.717) is 6.54 Å². The molecule has 5 heteroatoms. The summed E-state index contributed by atoms with van der Waals surface area (Å²) in [5.74, 6) is 0. The number of nitrogens with one attached hydrogen (secondary N) is 1. The molecule has 2 unspecified atom stereocenters. The molecule has 0 fully saturated rings. The van der Waals surface area contributed by atoms with Gasteiger partial charge in [0.1, 0.15) is 0 Å². The van der Waals surface area contributed by atoms with Crippen LogP contribution in [0.15, 0.2) is 0 Å². The van der Waals surface area contributed by atoms with Gasteiger partial charge in [0, 0.05) is 18.1 Å². The zero-order valence-corrected chi connectivity index (χ0v) is 8.91. The summed E-state index contributed by atoms with van der Waals surface area (Å²) in [4.78, 5) is 0. The van der Waals surface area contributed by atoms with E-state index >= 15 is 0 Å². The number of rotatable bonds is 5. The molecule has 0 heterocycles. The Morgan fingerprint density at radius 2 is 1.86 bits per heavy atom. The van der Waals surface area contributed by atoms with Crippen LogP contribution >= 0.6 is 0 Å². The van der Waals surface area contributed by atoms with Gasteiger partial charge >= 0.3 is 6.18 Å². The van der Waals surface area contributed by atoms with E-state index < -0.39 is 24.2 Å². The third-order valence-electron chi connectivity index (χ3n) is 2.20. The molecule has 0 aromatic rings. The van der Waals surface area contributed by atoms with Crippen LogP contribution in [0.4, 0.5) is 13.2 Å².